The number of rotatable bonds is 9. The van der Waals surface area contributed by atoms with Crippen LogP contribution in [0.15, 0.2) is 48.8 Å². The Morgan fingerprint density at radius 2 is 1.87 bits per heavy atom. The minimum atomic E-state index is -0.0736. The molecule has 6 heteroatoms. The molecule has 0 unspecified atom stereocenters. The molecule has 1 aliphatic carbocycles. The highest BCUT2D eigenvalue weighted by atomic mass is 16.5. The number of nitrogens with one attached hydrogen (secondary N) is 1. The van der Waals surface area contributed by atoms with Crippen molar-refractivity contribution in [3.63, 3.8) is 0 Å². The van der Waals surface area contributed by atoms with Crippen LogP contribution in [0.1, 0.15) is 54.2 Å². The van der Waals surface area contributed by atoms with Crippen molar-refractivity contribution in [2.75, 3.05) is 13.2 Å². The van der Waals surface area contributed by atoms with E-state index in [-0.39, 0.29) is 5.91 Å². The van der Waals surface area contributed by atoms with Crippen molar-refractivity contribution in [1.29, 1.82) is 0 Å². The minimum Gasteiger partial charge on any atom is -0.494 e. The van der Waals surface area contributed by atoms with E-state index in [0.717, 1.165) is 42.7 Å². The van der Waals surface area contributed by atoms with E-state index in [2.05, 4.69) is 21.9 Å². The summed E-state index contributed by atoms with van der Waals surface area (Å²) in [7, 11) is 0. The topological polar surface area (TPSA) is 69.0 Å². The smallest absolute Gasteiger partial charge is 0.251 e. The minimum absolute atomic E-state index is 0.0736. The number of carbonyl (C=O) groups excluding carboxylic acids is 1. The SMILES string of the molecule is CCCCOc1ccc(C(=O)NCCn2nc(-c3ccncc3)c3c2CCCC3)cc1. The van der Waals surface area contributed by atoms with Crippen molar-refractivity contribution in [2.45, 2.75) is 52.0 Å². The molecule has 0 radical (unpaired) electrons. The summed E-state index contributed by atoms with van der Waals surface area (Å²) in [6.45, 7) is 4.04. The lowest BCUT2D eigenvalue weighted by molar-refractivity contribution is 0.0951. The molecule has 1 aromatic carbocycles. The summed E-state index contributed by atoms with van der Waals surface area (Å²) >= 11 is 0. The summed E-state index contributed by atoms with van der Waals surface area (Å²) in [6, 6.07) is 11.4. The van der Waals surface area contributed by atoms with E-state index in [0.29, 0.717) is 25.3 Å². The summed E-state index contributed by atoms with van der Waals surface area (Å²) in [4.78, 5) is 16.7. The molecule has 1 amide bonds. The van der Waals surface area contributed by atoms with Gasteiger partial charge >= 0.3 is 0 Å². The van der Waals surface area contributed by atoms with Crippen LogP contribution in [0.25, 0.3) is 11.3 Å². The predicted octanol–water partition coefficient (Wildman–Crippen LogP) is 4.43. The van der Waals surface area contributed by atoms with Crippen LogP contribution >= 0.6 is 0 Å². The highest BCUT2D eigenvalue weighted by Gasteiger charge is 2.21. The van der Waals surface area contributed by atoms with Crippen LogP contribution in [0.3, 0.4) is 0 Å². The van der Waals surface area contributed by atoms with E-state index < -0.39 is 0 Å². The van der Waals surface area contributed by atoms with Gasteiger partial charge in [0.05, 0.1) is 18.8 Å². The Bertz CT molecular complexity index is 996. The molecule has 31 heavy (non-hydrogen) atoms. The molecule has 0 aliphatic heterocycles. The van der Waals surface area contributed by atoms with Crippen LogP contribution in [0.2, 0.25) is 0 Å². The third-order valence-electron chi connectivity index (χ3n) is 5.70. The maximum atomic E-state index is 12.5. The summed E-state index contributed by atoms with van der Waals surface area (Å²) in [5.41, 5.74) is 5.46. The first-order valence-electron chi connectivity index (χ1n) is 11.3. The van der Waals surface area contributed by atoms with Gasteiger partial charge in [0.2, 0.25) is 0 Å². The number of hydrogen-bond donors (Lipinski definition) is 1. The molecule has 0 atom stereocenters. The van der Waals surface area contributed by atoms with Crippen LogP contribution in [0, 0.1) is 0 Å². The van der Waals surface area contributed by atoms with E-state index in [1.165, 1.54) is 24.1 Å². The zero-order valence-electron chi connectivity index (χ0n) is 18.1. The number of amides is 1. The molecule has 0 saturated heterocycles. The number of carbonyl (C=O) groups is 1. The molecule has 0 saturated carbocycles. The Labute approximate surface area is 183 Å². The van der Waals surface area contributed by atoms with Gasteiger partial charge in [-0.15, -0.1) is 0 Å². The van der Waals surface area contributed by atoms with E-state index >= 15 is 0 Å². The van der Waals surface area contributed by atoms with Crippen LogP contribution in [0.4, 0.5) is 0 Å². The molecule has 1 N–H and O–H groups in total. The Morgan fingerprint density at radius 3 is 2.65 bits per heavy atom. The first-order chi connectivity index (χ1) is 15.3. The van der Waals surface area contributed by atoms with Gasteiger partial charge in [0.25, 0.3) is 5.91 Å². The average Bonchev–Trinajstić information content (AvgIpc) is 3.19. The second-order valence-electron chi connectivity index (χ2n) is 7.92. The summed E-state index contributed by atoms with van der Waals surface area (Å²) in [6.07, 6.45) is 10.2. The molecule has 162 valence electrons. The third-order valence-corrected chi connectivity index (χ3v) is 5.70. The molecule has 6 nitrogen and oxygen atoms in total. The van der Waals surface area contributed by atoms with Crippen LogP contribution < -0.4 is 10.1 Å². The molecule has 2 heterocycles. The number of ether oxygens (including phenoxy) is 1. The number of pyridine rings is 1. The Kier molecular flexibility index (Phi) is 6.97. The predicted molar refractivity (Wildman–Crippen MR) is 121 cm³/mol. The van der Waals surface area contributed by atoms with Crippen molar-refractivity contribution in [3.8, 4) is 17.0 Å². The quantitative estimate of drug-likeness (QED) is 0.522. The van der Waals surface area contributed by atoms with E-state index in [4.69, 9.17) is 9.84 Å². The highest BCUT2D eigenvalue weighted by Crippen LogP contribution is 2.30. The Morgan fingerprint density at radius 1 is 1.10 bits per heavy atom. The number of nitrogens with zero attached hydrogens (tertiary/aromatic N) is 3. The number of fused-ring (bicyclic) bond motifs is 1. The normalized spacial score (nSPS) is 12.9. The van der Waals surface area contributed by atoms with E-state index in [1.807, 2.05) is 48.8 Å². The second kappa shape index (κ2) is 10.2. The fourth-order valence-electron chi connectivity index (χ4n) is 4.01. The van der Waals surface area contributed by atoms with Crippen LogP contribution in [-0.4, -0.2) is 33.8 Å². The monoisotopic (exact) mass is 418 g/mol. The standard InChI is InChI=1S/C25H30N4O2/c1-2-3-18-31-21-10-8-20(9-11-21)25(30)27-16-17-29-23-7-5-4-6-22(23)24(28-29)19-12-14-26-15-13-19/h8-15H,2-7,16-18H2,1H3,(H,27,30). The number of aromatic nitrogens is 3. The fraction of sp³-hybridized carbons (Fsp3) is 0.400. The largest absolute Gasteiger partial charge is 0.494 e. The molecular formula is C25H30N4O2. The molecule has 0 spiro atoms. The Hall–Kier alpha value is -3.15. The van der Waals surface area contributed by atoms with Gasteiger partial charge in [-0.05, 0) is 68.5 Å². The lowest BCUT2D eigenvalue weighted by Crippen LogP contribution is -2.28. The van der Waals surface area contributed by atoms with Gasteiger partial charge in [0.15, 0.2) is 0 Å². The fourth-order valence-corrected chi connectivity index (χ4v) is 4.01. The molecule has 1 aliphatic rings. The zero-order valence-corrected chi connectivity index (χ0v) is 18.1. The Balaban J connectivity index is 1.37. The third kappa shape index (κ3) is 5.13. The lowest BCUT2D eigenvalue weighted by atomic mass is 9.94. The number of benzene rings is 1. The zero-order chi connectivity index (χ0) is 21.5. The molecule has 4 rings (SSSR count). The number of unbranched alkanes of at least 4 members (excludes halogenated alkanes) is 1. The second-order valence-corrected chi connectivity index (χ2v) is 7.92. The summed E-state index contributed by atoms with van der Waals surface area (Å²) in [5, 5.41) is 7.92. The molecule has 3 aromatic rings. The maximum absolute atomic E-state index is 12.5. The molecule has 0 fully saturated rings. The van der Waals surface area contributed by atoms with Crippen molar-refractivity contribution < 1.29 is 9.53 Å². The lowest BCUT2D eigenvalue weighted by Gasteiger charge is -2.14. The highest BCUT2D eigenvalue weighted by molar-refractivity contribution is 5.94. The summed E-state index contributed by atoms with van der Waals surface area (Å²) in [5.74, 6) is 0.729. The van der Waals surface area contributed by atoms with Crippen molar-refractivity contribution >= 4 is 5.91 Å². The van der Waals surface area contributed by atoms with E-state index in [9.17, 15) is 4.79 Å². The first-order valence-corrected chi connectivity index (χ1v) is 11.3. The van der Waals surface area contributed by atoms with Crippen molar-refractivity contribution in [3.05, 3.63) is 65.6 Å². The van der Waals surface area contributed by atoms with Gasteiger partial charge < -0.3 is 10.1 Å². The molecular weight excluding hydrogens is 388 g/mol. The van der Waals surface area contributed by atoms with Crippen LogP contribution in [0.5, 0.6) is 5.75 Å². The van der Waals surface area contributed by atoms with Gasteiger partial charge in [0.1, 0.15) is 5.75 Å². The van der Waals surface area contributed by atoms with Crippen molar-refractivity contribution in [2.24, 2.45) is 0 Å². The average molecular weight is 419 g/mol. The van der Waals surface area contributed by atoms with Gasteiger partial charge in [-0.1, -0.05) is 13.3 Å². The van der Waals surface area contributed by atoms with Gasteiger partial charge in [0, 0.05) is 41.3 Å². The molecule has 2 aromatic heterocycles. The van der Waals surface area contributed by atoms with Gasteiger partial charge in [-0.3, -0.25) is 14.5 Å². The van der Waals surface area contributed by atoms with Gasteiger partial charge in [-0.2, -0.15) is 5.10 Å². The van der Waals surface area contributed by atoms with E-state index in [1.54, 1.807) is 0 Å². The molecule has 0 bridgehead atoms. The van der Waals surface area contributed by atoms with Crippen molar-refractivity contribution in [1.82, 2.24) is 20.1 Å². The number of hydrogen-bond acceptors (Lipinski definition) is 4. The van der Waals surface area contributed by atoms with Gasteiger partial charge in [-0.25, -0.2) is 0 Å². The first kappa shape index (κ1) is 21.1. The van der Waals surface area contributed by atoms with Crippen LogP contribution in [-0.2, 0) is 19.4 Å². The maximum Gasteiger partial charge on any atom is 0.251 e. The summed E-state index contributed by atoms with van der Waals surface area (Å²) < 4.78 is 7.74.